The minimum absolute atomic E-state index is 0.0853. The van der Waals surface area contributed by atoms with E-state index in [2.05, 4.69) is 41.4 Å². The molecule has 1 aliphatic rings. The van der Waals surface area contributed by atoms with Crippen molar-refractivity contribution in [3.05, 3.63) is 64.0 Å². The number of fused-ring (bicyclic) bond motifs is 1. The molecule has 0 bridgehead atoms. The van der Waals surface area contributed by atoms with E-state index in [-0.39, 0.29) is 25.2 Å². The predicted molar refractivity (Wildman–Crippen MR) is 123 cm³/mol. The molecule has 2 heterocycles. The summed E-state index contributed by atoms with van der Waals surface area (Å²) in [5, 5.41) is 13.0. The van der Waals surface area contributed by atoms with Crippen molar-refractivity contribution < 1.29 is 19.4 Å². The molecule has 4 rings (SSSR count). The van der Waals surface area contributed by atoms with Crippen molar-refractivity contribution in [2.24, 2.45) is 0 Å². The predicted octanol–water partition coefficient (Wildman–Crippen LogP) is 3.51. The summed E-state index contributed by atoms with van der Waals surface area (Å²) in [7, 11) is 1.70. The van der Waals surface area contributed by atoms with Crippen molar-refractivity contribution in [1.29, 1.82) is 0 Å². The Balaban J connectivity index is 1.61. The van der Waals surface area contributed by atoms with Crippen LogP contribution in [0.25, 0.3) is 10.1 Å². The first kappa shape index (κ1) is 21.8. The number of hydrogen-bond acceptors (Lipinski definition) is 6. The average Bonchev–Trinajstić information content (AvgIpc) is 3.18. The van der Waals surface area contributed by atoms with E-state index in [0.29, 0.717) is 18.0 Å². The quantitative estimate of drug-likeness (QED) is 0.588. The minimum atomic E-state index is -0.198. The number of hydrogen-bond donors (Lipinski definition) is 2. The second kappa shape index (κ2) is 9.78. The maximum atomic E-state index is 12.8. The highest BCUT2D eigenvalue weighted by molar-refractivity contribution is 7.21. The highest BCUT2D eigenvalue weighted by atomic mass is 32.1. The zero-order valence-electron chi connectivity index (χ0n) is 17.9. The maximum Gasteiger partial charge on any atom is 0.261 e. The van der Waals surface area contributed by atoms with Crippen molar-refractivity contribution >= 4 is 27.3 Å². The topological polar surface area (TPSA) is 71.0 Å². The number of carbonyl (C=O) groups is 1. The Morgan fingerprint density at radius 3 is 2.97 bits per heavy atom. The normalized spacial score (nSPS) is 17.1. The van der Waals surface area contributed by atoms with Crippen molar-refractivity contribution in [2.45, 2.75) is 19.6 Å². The molecule has 3 aromatic rings. The van der Waals surface area contributed by atoms with E-state index in [9.17, 15) is 4.79 Å². The molecule has 31 heavy (non-hydrogen) atoms. The average molecular weight is 441 g/mol. The first-order valence-electron chi connectivity index (χ1n) is 10.5. The number of nitrogens with one attached hydrogen (secondary N) is 1. The van der Waals surface area contributed by atoms with Crippen LogP contribution in [0.1, 0.15) is 32.5 Å². The largest absolute Gasteiger partial charge is 0.496 e. The molecule has 7 heteroatoms. The van der Waals surface area contributed by atoms with E-state index in [1.165, 1.54) is 16.9 Å². The third-order valence-electron chi connectivity index (χ3n) is 5.55. The molecular formula is C24H28N2O4S. The van der Waals surface area contributed by atoms with Gasteiger partial charge in [-0.05, 0) is 30.0 Å². The fourth-order valence-electron chi connectivity index (χ4n) is 4.05. The summed E-state index contributed by atoms with van der Waals surface area (Å²) < 4.78 is 12.8. The summed E-state index contributed by atoms with van der Waals surface area (Å²) in [6.07, 6.45) is -0.198. The molecule has 1 aromatic heterocycles. The molecule has 164 valence electrons. The zero-order chi connectivity index (χ0) is 21.8. The van der Waals surface area contributed by atoms with Gasteiger partial charge < -0.3 is 19.9 Å². The van der Waals surface area contributed by atoms with Gasteiger partial charge in [-0.3, -0.25) is 9.69 Å². The van der Waals surface area contributed by atoms with Crippen LogP contribution < -0.4 is 10.1 Å². The number of aliphatic hydroxyl groups excluding tert-OH is 1. The summed E-state index contributed by atoms with van der Waals surface area (Å²) >= 11 is 1.48. The minimum Gasteiger partial charge on any atom is -0.496 e. The molecule has 2 N–H and O–H groups in total. The number of rotatable bonds is 7. The van der Waals surface area contributed by atoms with Gasteiger partial charge in [0, 0.05) is 42.0 Å². The van der Waals surface area contributed by atoms with Crippen LogP contribution in [0, 0.1) is 6.92 Å². The van der Waals surface area contributed by atoms with Gasteiger partial charge in [0.2, 0.25) is 0 Å². The Morgan fingerprint density at radius 2 is 2.16 bits per heavy atom. The van der Waals surface area contributed by atoms with E-state index in [0.717, 1.165) is 40.1 Å². The van der Waals surface area contributed by atoms with Crippen LogP contribution in [0.15, 0.2) is 42.5 Å². The first-order chi connectivity index (χ1) is 15.1. The number of aliphatic hydroxyl groups is 1. The fraction of sp³-hybridized carbons (Fsp3) is 0.375. The van der Waals surface area contributed by atoms with Gasteiger partial charge >= 0.3 is 0 Å². The monoisotopic (exact) mass is 440 g/mol. The molecule has 6 nitrogen and oxygen atoms in total. The highest BCUT2D eigenvalue weighted by Gasteiger charge is 2.30. The van der Waals surface area contributed by atoms with Crippen LogP contribution in [-0.4, -0.2) is 55.9 Å². The Bertz CT molecular complexity index is 1060. The number of morpholine rings is 1. The molecule has 0 saturated carbocycles. The van der Waals surface area contributed by atoms with Crippen molar-refractivity contribution in [1.82, 2.24) is 10.2 Å². The number of ether oxygens (including phenoxy) is 2. The summed E-state index contributed by atoms with van der Waals surface area (Å²) in [6, 6.07) is 14.3. The number of methoxy groups -OCH3 is 1. The van der Waals surface area contributed by atoms with E-state index in [4.69, 9.17) is 14.6 Å². The Labute approximate surface area is 186 Å². The van der Waals surface area contributed by atoms with Crippen molar-refractivity contribution in [3.63, 3.8) is 0 Å². The lowest BCUT2D eigenvalue weighted by Gasteiger charge is -2.33. The summed E-state index contributed by atoms with van der Waals surface area (Å²) in [4.78, 5) is 15.8. The fourth-order valence-corrected chi connectivity index (χ4v) is 5.22. The number of thiophene rings is 1. The lowest BCUT2D eigenvalue weighted by Crippen LogP contribution is -2.38. The Kier molecular flexibility index (Phi) is 6.87. The lowest BCUT2D eigenvalue weighted by atomic mass is 10.0. The van der Waals surface area contributed by atoms with Crippen LogP contribution in [0.3, 0.4) is 0 Å². The molecule has 1 aliphatic heterocycles. The third kappa shape index (κ3) is 4.75. The standard InChI is InChI=1S/C24H28N2O4S/c1-16-7-8-17(19(13-16)29-2)14-26-10-12-30-20(15-26)22-18-5-3-4-6-21(18)31-23(22)24(28)25-9-11-27/h3-8,13,20,27H,9-12,14-15H2,1-2H3,(H,25,28). The Morgan fingerprint density at radius 1 is 1.32 bits per heavy atom. The van der Waals surface area contributed by atoms with E-state index in [1.807, 2.05) is 18.2 Å². The van der Waals surface area contributed by atoms with Crippen LogP contribution in [-0.2, 0) is 11.3 Å². The number of aryl methyl sites for hydroxylation is 1. The molecule has 0 aliphatic carbocycles. The summed E-state index contributed by atoms with van der Waals surface area (Å²) in [6.45, 7) is 5.08. The Hall–Kier alpha value is -2.45. The molecule has 1 atom stereocenters. The van der Waals surface area contributed by atoms with Crippen LogP contribution >= 0.6 is 11.3 Å². The number of benzene rings is 2. The summed E-state index contributed by atoms with van der Waals surface area (Å²) in [5.41, 5.74) is 3.25. The van der Waals surface area contributed by atoms with E-state index in [1.54, 1.807) is 7.11 Å². The smallest absolute Gasteiger partial charge is 0.261 e. The van der Waals surface area contributed by atoms with Crippen LogP contribution in [0.5, 0.6) is 5.75 Å². The molecular weight excluding hydrogens is 412 g/mol. The molecule has 1 saturated heterocycles. The molecule has 1 fully saturated rings. The van der Waals surface area contributed by atoms with Gasteiger partial charge in [0.25, 0.3) is 5.91 Å². The molecule has 1 unspecified atom stereocenters. The van der Waals surface area contributed by atoms with Gasteiger partial charge in [-0.1, -0.05) is 30.3 Å². The third-order valence-corrected chi connectivity index (χ3v) is 6.73. The molecule has 0 radical (unpaired) electrons. The number of carbonyl (C=O) groups excluding carboxylic acids is 1. The molecule has 2 aromatic carbocycles. The van der Waals surface area contributed by atoms with Gasteiger partial charge in [0.1, 0.15) is 5.75 Å². The van der Waals surface area contributed by atoms with Gasteiger partial charge in [-0.2, -0.15) is 0 Å². The van der Waals surface area contributed by atoms with Crippen molar-refractivity contribution in [3.8, 4) is 5.75 Å². The summed E-state index contributed by atoms with van der Waals surface area (Å²) in [5.74, 6) is 0.735. The zero-order valence-corrected chi connectivity index (χ0v) is 18.7. The SMILES string of the molecule is COc1cc(C)ccc1CN1CCOC(c2c(C(=O)NCCO)sc3ccccc23)C1. The highest BCUT2D eigenvalue weighted by Crippen LogP contribution is 2.38. The van der Waals surface area contributed by atoms with Gasteiger partial charge in [0.05, 0.1) is 31.3 Å². The van der Waals surface area contributed by atoms with Crippen LogP contribution in [0.4, 0.5) is 0 Å². The second-order valence-electron chi connectivity index (χ2n) is 7.73. The molecule has 0 spiro atoms. The van der Waals surface area contributed by atoms with Gasteiger partial charge in [-0.25, -0.2) is 0 Å². The van der Waals surface area contributed by atoms with E-state index < -0.39 is 0 Å². The second-order valence-corrected chi connectivity index (χ2v) is 8.78. The van der Waals surface area contributed by atoms with Gasteiger partial charge in [-0.15, -0.1) is 11.3 Å². The first-order valence-corrected chi connectivity index (χ1v) is 11.3. The maximum absolute atomic E-state index is 12.8. The van der Waals surface area contributed by atoms with E-state index >= 15 is 0 Å². The van der Waals surface area contributed by atoms with Crippen LogP contribution in [0.2, 0.25) is 0 Å². The van der Waals surface area contributed by atoms with Gasteiger partial charge in [0.15, 0.2) is 0 Å². The number of nitrogens with zero attached hydrogens (tertiary/aromatic N) is 1. The number of amides is 1. The van der Waals surface area contributed by atoms with Crippen molar-refractivity contribution in [2.75, 3.05) is 40.0 Å². The lowest BCUT2D eigenvalue weighted by molar-refractivity contribution is -0.0324. The molecule has 1 amide bonds.